The Labute approximate surface area is 251 Å². The number of esters is 1. The Balaban J connectivity index is 2.16. The molecular formula is C30H35F4N3O7. The van der Waals surface area contributed by atoms with Gasteiger partial charge in [-0.2, -0.15) is 8.78 Å². The van der Waals surface area contributed by atoms with Crippen molar-refractivity contribution in [3.8, 4) is 5.75 Å². The van der Waals surface area contributed by atoms with Crippen LogP contribution in [0, 0.1) is 23.3 Å². The van der Waals surface area contributed by atoms with Crippen molar-refractivity contribution in [2.24, 2.45) is 0 Å². The molecule has 2 rings (SSSR count). The summed E-state index contributed by atoms with van der Waals surface area (Å²) in [5, 5.41) is 6.86. The Bertz CT molecular complexity index is 1410. The molecule has 0 aromatic heterocycles. The molecule has 0 bridgehead atoms. The highest BCUT2D eigenvalue weighted by Crippen LogP contribution is 2.29. The van der Waals surface area contributed by atoms with Crippen molar-refractivity contribution >= 4 is 35.2 Å². The number of hydrogen-bond acceptors (Lipinski definition) is 7. The van der Waals surface area contributed by atoms with Crippen LogP contribution in [0.5, 0.6) is 5.75 Å². The molecule has 0 heterocycles. The number of carbonyl (C=O) groups excluding carboxylic acids is 5. The first-order chi connectivity index (χ1) is 20.2. The van der Waals surface area contributed by atoms with Crippen LogP contribution in [-0.4, -0.2) is 53.8 Å². The van der Waals surface area contributed by atoms with Gasteiger partial charge in [-0.15, -0.1) is 0 Å². The molecule has 0 fully saturated rings. The molecule has 0 radical (unpaired) electrons. The molecule has 14 heteroatoms. The summed E-state index contributed by atoms with van der Waals surface area (Å²) < 4.78 is 64.8. The number of anilines is 1. The van der Waals surface area contributed by atoms with Gasteiger partial charge in [0.05, 0.1) is 6.42 Å². The fourth-order valence-corrected chi connectivity index (χ4v) is 3.77. The molecule has 0 aliphatic carbocycles. The van der Waals surface area contributed by atoms with E-state index in [0.717, 1.165) is 5.56 Å². The van der Waals surface area contributed by atoms with E-state index in [1.54, 1.807) is 24.3 Å². The van der Waals surface area contributed by atoms with Gasteiger partial charge in [-0.05, 0) is 44.7 Å². The van der Waals surface area contributed by atoms with Gasteiger partial charge in [-0.1, -0.05) is 39.0 Å². The largest absolute Gasteiger partial charge is 0.479 e. The lowest BCUT2D eigenvalue weighted by atomic mass is 9.86. The zero-order valence-corrected chi connectivity index (χ0v) is 25.3. The van der Waals surface area contributed by atoms with E-state index in [1.165, 1.54) is 27.7 Å². The zero-order chi connectivity index (χ0) is 33.6. The molecule has 0 saturated carbocycles. The normalized spacial score (nSPS) is 12.9. The van der Waals surface area contributed by atoms with E-state index in [4.69, 9.17) is 4.74 Å². The maximum atomic E-state index is 14.0. The van der Waals surface area contributed by atoms with E-state index in [9.17, 15) is 41.5 Å². The summed E-state index contributed by atoms with van der Waals surface area (Å²) in [5.41, 5.74) is -0.228. The number of amides is 3. The number of nitrogens with one attached hydrogen (secondary N) is 3. The summed E-state index contributed by atoms with van der Waals surface area (Å²) in [5.74, 6) is -14.3. The Kier molecular flexibility index (Phi) is 11.6. The van der Waals surface area contributed by atoms with Gasteiger partial charge in [0, 0.05) is 11.8 Å². The highest BCUT2D eigenvalue weighted by molar-refractivity contribution is 6.40. The van der Waals surface area contributed by atoms with E-state index in [0.29, 0.717) is 5.69 Å². The number of Topliss-reactive ketones (excluding diaryl/α,β-unsaturated/α-hetero) is 1. The Morgan fingerprint density at radius 2 is 1.41 bits per heavy atom. The summed E-state index contributed by atoms with van der Waals surface area (Å²) >= 11 is 0. The Morgan fingerprint density at radius 1 is 0.841 bits per heavy atom. The first kappa shape index (κ1) is 35.7. The second-order valence-electron chi connectivity index (χ2n) is 11.8. The minimum Gasteiger partial charge on any atom is -0.479 e. The molecule has 0 aliphatic heterocycles. The Hall–Kier alpha value is -4.49. The lowest BCUT2D eigenvalue weighted by Crippen LogP contribution is -2.53. The van der Waals surface area contributed by atoms with Crippen molar-refractivity contribution in [2.75, 3.05) is 11.9 Å². The molecule has 2 aromatic rings. The van der Waals surface area contributed by atoms with Crippen LogP contribution in [0.3, 0.4) is 0 Å². The van der Waals surface area contributed by atoms with Crippen molar-refractivity contribution < 1.29 is 51.0 Å². The summed E-state index contributed by atoms with van der Waals surface area (Å²) in [6.07, 6.45) is -0.779. The van der Waals surface area contributed by atoms with Gasteiger partial charge in [-0.25, -0.2) is 8.78 Å². The van der Waals surface area contributed by atoms with E-state index in [2.05, 4.69) is 20.7 Å². The monoisotopic (exact) mass is 625 g/mol. The zero-order valence-electron chi connectivity index (χ0n) is 25.3. The summed E-state index contributed by atoms with van der Waals surface area (Å²) in [6, 6.07) is 3.62. The predicted molar refractivity (Wildman–Crippen MR) is 151 cm³/mol. The van der Waals surface area contributed by atoms with Gasteiger partial charge in [0.2, 0.25) is 17.5 Å². The number of rotatable bonds is 10. The summed E-state index contributed by atoms with van der Waals surface area (Å²) in [6.45, 7) is 10.3. The standard InChI is InChI=1S/C30H35F4N3O7/c1-15(35-27(41)28(42)36-19-11-9-8-10-16(19)29(2,3)4)26(40)37-20(13-22(39)44-30(5,6)7)21(38)14-43-25-23(33)17(31)12-18(32)24(25)34/h8-12,15,20H,13-14H2,1-7H3,(H,35,41)(H,36,42)(H,37,40). The fraction of sp³-hybridized carbons (Fsp3) is 0.433. The molecule has 2 atom stereocenters. The second-order valence-corrected chi connectivity index (χ2v) is 11.8. The number of para-hydroxylation sites is 1. The Morgan fingerprint density at radius 3 is 1.95 bits per heavy atom. The van der Waals surface area contributed by atoms with Crippen molar-refractivity contribution in [1.29, 1.82) is 0 Å². The van der Waals surface area contributed by atoms with Gasteiger partial charge < -0.3 is 25.4 Å². The fourth-order valence-electron chi connectivity index (χ4n) is 3.77. The van der Waals surface area contributed by atoms with Crippen LogP contribution in [0.15, 0.2) is 30.3 Å². The van der Waals surface area contributed by atoms with Crippen molar-refractivity contribution in [3.05, 3.63) is 59.2 Å². The number of halogens is 4. The minimum absolute atomic E-state index is 0.0514. The molecule has 3 N–H and O–H groups in total. The molecule has 3 amide bonds. The highest BCUT2D eigenvalue weighted by atomic mass is 19.2. The predicted octanol–water partition coefficient (Wildman–Crippen LogP) is 3.85. The van der Waals surface area contributed by atoms with Crippen LogP contribution in [-0.2, 0) is 34.1 Å². The molecule has 0 spiro atoms. The van der Waals surface area contributed by atoms with E-state index < -0.39 is 89.2 Å². The number of ketones is 1. The van der Waals surface area contributed by atoms with E-state index in [-0.39, 0.29) is 11.5 Å². The minimum atomic E-state index is -1.90. The van der Waals surface area contributed by atoms with Crippen LogP contribution in [0.1, 0.15) is 60.5 Å². The van der Waals surface area contributed by atoms with Crippen molar-refractivity contribution in [2.45, 2.75) is 78.0 Å². The quantitative estimate of drug-likeness (QED) is 0.158. The second kappa shape index (κ2) is 14.3. The molecule has 0 aliphatic rings. The SMILES string of the molecule is CC(NC(=O)C(=O)Nc1ccccc1C(C)(C)C)C(=O)NC(CC(=O)OC(C)(C)C)C(=O)COc1c(F)c(F)cc(F)c1F. The van der Waals surface area contributed by atoms with E-state index >= 15 is 0 Å². The number of benzene rings is 2. The first-order valence-electron chi connectivity index (χ1n) is 13.4. The highest BCUT2D eigenvalue weighted by Gasteiger charge is 2.31. The van der Waals surface area contributed by atoms with Crippen LogP contribution in [0.4, 0.5) is 23.2 Å². The summed E-state index contributed by atoms with van der Waals surface area (Å²) in [4.78, 5) is 63.3. The number of carbonyl (C=O) groups is 5. The third kappa shape index (κ3) is 10.1. The lowest BCUT2D eigenvalue weighted by molar-refractivity contribution is -0.156. The van der Waals surface area contributed by atoms with Crippen LogP contribution < -0.4 is 20.7 Å². The molecule has 0 saturated heterocycles. The van der Waals surface area contributed by atoms with E-state index in [1.807, 2.05) is 20.8 Å². The van der Waals surface area contributed by atoms with Gasteiger partial charge >= 0.3 is 17.8 Å². The molecular weight excluding hydrogens is 590 g/mol. The maximum absolute atomic E-state index is 14.0. The van der Waals surface area contributed by atoms with Crippen LogP contribution in [0.25, 0.3) is 0 Å². The van der Waals surface area contributed by atoms with Crippen LogP contribution >= 0.6 is 0 Å². The lowest BCUT2D eigenvalue weighted by Gasteiger charge is -2.24. The number of hydrogen-bond donors (Lipinski definition) is 3. The van der Waals surface area contributed by atoms with Crippen molar-refractivity contribution in [1.82, 2.24) is 10.6 Å². The van der Waals surface area contributed by atoms with Crippen molar-refractivity contribution in [3.63, 3.8) is 0 Å². The number of ether oxygens (including phenoxy) is 2. The average Bonchev–Trinajstić information content (AvgIpc) is 2.89. The third-order valence-electron chi connectivity index (χ3n) is 5.86. The topological polar surface area (TPSA) is 140 Å². The van der Waals surface area contributed by atoms with Gasteiger partial charge in [0.15, 0.2) is 23.2 Å². The molecule has 2 aromatic carbocycles. The van der Waals surface area contributed by atoms with Gasteiger partial charge in [-0.3, -0.25) is 24.0 Å². The smallest absolute Gasteiger partial charge is 0.313 e. The molecule has 240 valence electrons. The van der Waals surface area contributed by atoms with Crippen LogP contribution in [0.2, 0.25) is 0 Å². The molecule has 10 nitrogen and oxygen atoms in total. The van der Waals surface area contributed by atoms with Gasteiger partial charge in [0.25, 0.3) is 0 Å². The summed E-state index contributed by atoms with van der Waals surface area (Å²) in [7, 11) is 0. The maximum Gasteiger partial charge on any atom is 0.313 e. The first-order valence-corrected chi connectivity index (χ1v) is 13.4. The average molecular weight is 626 g/mol. The van der Waals surface area contributed by atoms with Gasteiger partial charge in [0.1, 0.15) is 24.3 Å². The third-order valence-corrected chi connectivity index (χ3v) is 5.86. The molecule has 44 heavy (non-hydrogen) atoms. The molecule has 2 unspecified atom stereocenters.